The Labute approximate surface area is 189 Å². The molecule has 0 aliphatic rings. The van der Waals surface area contributed by atoms with Crippen molar-refractivity contribution in [2.75, 3.05) is 11.1 Å². The molecule has 2 aromatic carbocycles. The molecule has 0 fully saturated rings. The number of carbonyl (C=O) groups is 1. The number of carbonyl (C=O) groups excluding carboxylic acids is 1. The van der Waals surface area contributed by atoms with Crippen LogP contribution in [0.25, 0.3) is 0 Å². The molecule has 1 unspecified atom stereocenters. The van der Waals surface area contributed by atoms with Crippen molar-refractivity contribution < 1.29 is 9.53 Å². The summed E-state index contributed by atoms with van der Waals surface area (Å²) in [5, 5.41) is 13.2. The minimum absolute atomic E-state index is 0.134. The van der Waals surface area contributed by atoms with E-state index < -0.39 is 0 Å². The Morgan fingerprint density at radius 2 is 1.93 bits per heavy atom. The Morgan fingerprint density at radius 1 is 1.20 bits per heavy atom. The molecule has 0 spiro atoms. The van der Waals surface area contributed by atoms with Gasteiger partial charge in [-0.3, -0.25) is 4.79 Å². The van der Waals surface area contributed by atoms with Gasteiger partial charge in [-0.05, 0) is 62.7 Å². The van der Waals surface area contributed by atoms with E-state index in [-0.39, 0.29) is 17.8 Å². The molecule has 3 aromatic rings. The van der Waals surface area contributed by atoms with Crippen LogP contribution in [-0.4, -0.2) is 26.4 Å². The van der Waals surface area contributed by atoms with E-state index in [1.165, 1.54) is 11.8 Å². The molecule has 3 rings (SSSR count). The van der Waals surface area contributed by atoms with Crippen molar-refractivity contribution in [2.24, 2.45) is 0 Å². The standard InChI is InChI=1S/C21H22Cl2N4O2S/c1-4-27-20(14(3)29-18-11-13(2)5-10-17(18)23)25-26-21(27)30-12-19(28)24-16-8-6-15(22)7-9-16/h5-11,14H,4,12H2,1-3H3,(H,24,28). The monoisotopic (exact) mass is 464 g/mol. The van der Waals surface area contributed by atoms with Crippen LogP contribution in [0.4, 0.5) is 5.69 Å². The summed E-state index contributed by atoms with van der Waals surface area (Å²) in [6.45, 7) is 6.53. The minimum Gasteiger partial charge on any atom is -0.481 e. The molecule has 30 heavy (non-hydrogen) atoms. The summed E-state index contributed by atoms with van der Waals surface area (Å²) in [4.78, 5) is 12.3. The number of thioether (sulfide) groups is 1. The summed E-state index contributed by atoms with van der Waals surface area (Å²) in [5.74, 6) is 1.35. The smallest absolute Gasteiger partial charge is 0.234 e. The van der Waals surface area contributed by atoms with Gasteiger partial charge in [0.1, 0.15) is 5.75 Å². The second kappa shape index (κ2) is 10.2. The molecule has 158 valence electrons. The van der Waals surface area contributed by atoms with E-state index in [9.17, 15) is 4.79 Å². The van der Waals surface area contributed by atoms with Crippen molar-refractivity contribution in [3.63, 3.8) is 0 Å². The highest BCUT2D eigenvalue weighted by Gasteiger charge is 2.20. The van der Waals surface area contributed by atoms with Crippen LogP contribution in [0.2, 0.25) is 10.0 Å². The van der Waals surface area contributed by atoms with Gasteiger partial charge < -0.3 is 14.6 Å². The topological polar surface area (TPSA) is 69.0 Å². The quantitative estimate of drug-likeness (QED) is 0.427. The molecule has 1 N–H and O–H groups in total. The maximum absolute atomic E-state index is 12.3. The van der Waals surface area contributed by atoms with Crippen molar-refractivity contribution >= 4 is 46.6 Å². The number of hydrogen-bond acceptors (Lipinski definition) is 5. The number of amides is 1. The van der Waals surface area contributed by atoms with Crippen LogP contribution in [-0.2, 0) is 11.3 Å². The summed E-state index contributed by atoms with van der Waals surface area (Å²) in [5.41, 5.74) is 1.75. The molecule has 0 saturated heterocycles. The van der Waals surface area contributed by atoms with Crippen LogP contribution in [0.15, 0.2) is 47.6 Å². The summed E-state index contributed by atoms with van der Waals surface area (Å²) >= 11 is 13.4. The number of benzene rings is 2. The predicted octanol–water partition coefficient (Wildman–Crippen LogP) is 5.78. The molecule has 1 aromatic heterocycles. The summed E-state index contributed by atoms with van der Waals surface area (Å²) < 4.78 is 7.97. The molecule has 6 nitrogen and oxygen atoms in total. The molecule has 1 atom stereocenters. The molecule has 9 heteroatoms. The first-order valence-electron chi connectivity index (χ1n) is 9.41. The molecular formula is C21H22Cl2N4O2S. The number of anilines is 1. The first-order chi connectivity index (χ1) is 14.4. The van der Waals surface area contributed by atoms with E-state index >= 15 is 0 Å². The number of hydrogen-bond donors (Lipinski definition) is 1. The summed E-state index contributed by atoms with van der Waals surface area (Å²) in [6, 6.07) is 12.6. The largest absolute Gasteiger partial charge is 0.481 e. The number of ether oxygens (including phenoxy) is 1. The van der Waals surface area contributed by atoms with Gasteiger partial charge in [-0.2, -0.15) is 0 Å². The highest BCUT2D eigenvalue weighted by Crippen LogP contribution is 2.30. The molecule has 0 aliphatic carbocycles. The van der Waals surface area contributed by atoms with Gasteiger partial charge in [0.05, 0.1) is 10.8 Å². The molecule has 0 radical (unpaired) electrons. The summed E-state index contributed by atoms with van der Waals surface area (Å²) in [6.07, 6.45) is -0.353. The highest BCUT2D eigenvalue weighted by molar-refractivity contribution is 7.99. The normalized spacial score (nSPS) is 11.9. The Morgan fingerprint density at radius 3 is 2.63 bits per heavy atom. The molecule has 0 saturated carbocycles. The number of aryl methyl sites for hydroxylation is 1. The zero-order valence-corrected chi connectivity index (χ0v) is 19.2. The van der Waals surface area contributed by atoms with Crippen LogP contribution in [0.5, 0.6) is 5.75 Å². The average Bonchev–Trinajstić information content (AvgIpc) is 3.14. The second-order valence-corrected chi connectivity index (χ2v) is 8.41. The van der Waals surface area contributed by atoms with E-state index in [0.29, 0.717) is 39.0 Å². The Hall–Kier alpha value is -2.22. The third-order valence-corrected chi connectivity index (χ3v) is 5.81. The van der Waals surface area contributed by atoms with Gasteiger partial charge in [0, 0.05) is 17.3 Å². The third-order valence-electron chi connectivity index (χ3n) is 4.28. The molecule has 1 heterocycles. The van der Waals surface area contributed by atoms with E-state index in [2.05, 4.69) is 15.5 Å². The Balaban J connectivity index is 1.65. The van der Waals surface area contributed by atoms with Crippen LogP contribution in [0.3, 0.4) is 0 Å². The van der Waals surface area contributed by atoms with Crippen LogP contribution >= 0.6 is 35.0 Å². The number of halogens is 2. The van der Waals surface area contributed by atoms with Crippen LogP contribution in [0.1, 0.15) is 31.3 Å². The van der Waals surface area contributed by atoms with Gasteiger partial charge in [-0.15, -0.1) is 10.2 Å². The van der Waals surface area contributed by atoms with E-state index in [1.54, 1.807) is 24.3 Å². The first-order valence-corrected chi connectivity index (χ1v) is 11.2. The zero-order valence-electron chi connectivity index (χ0n) is 16.9. The average molecular weight is 465 g/mol. The van der Waals surface area contributed by atoms with E-state index in [1.807, 2.05) is 43.5 Å². The first kappa shape index (κ1) is 22.5. The zero-order chi connectivity index (χ0) is 21.7. The number of aromatic nitrogens is 3. The minimum atomic E-state index is -0.353. The van der Waals surface area contributed by atoms with Gasteiger partial charge in [-0.25, -0.2) is 0 Å². The van der Waals surface area contributed by atoms with Gasteiger partial charge >= 0.3 is 0 Å². The molecule has 0 aliphatic heterocycles. The molecular weight excluding hydrogens is 443 g/mol. The van der Waals surface area contributed by atoms with Crippen molar-refractivity contribution in [3.05, 3.63) is 63.9 Å². The maximum atomic E-state index is 12.3. The van der Waals surface area contributed by atoms with Crippen LogP contribution in [0, 0.1) is 6.92 Å². The number of rotatable bonds is 8. The SMILES string of the molecule is CCn1c(SCC(=O)Nc2ccc(Cl)cc2)nnc1C(C)Oc1cc(C)ccc1Cl. The van der Waals surface area contributed by atoms with Crippen LogP contribution < -0.4 is 10.1 Å². The lowest BCUT2D eigenvalue weighted by Crippen LogP contribution is -2.15. The van der Waals surface area contributed by atoms with Gasteiger partial charge in [0.25, 0.3) is 0 Å². The maximum Gasteiger partial charge on any atom is 0.234 e. The fourth-order valence-electron chi connectivity index (χ4n) is 2.81. The fraction of sp³-hybridized carbons (Fsp3) is 0.286. The molecule has 1 amide bonds. The second-order valence-electron chi connectivity index (χ2n) is 6.62. The molecule has 0 bridgehead atoms. The highest BCUT2D eigenvalue weighted by atomic mass is 35.5. The van der Waals surface area contributed by atoms with Gasteiger partial charge in [-0.1, -0.05) is 41.0 Å². The Bertz CT molecular complexity index is 1020. The predicted molar refractivity (Wildman–Crippen MR) is 122 cm³/mol. The summed E-state index contributed by atoms with van der Waals surface area (Å²) in [7, 11) is 0. The van der Waals surface area contributed by atoms with Crippen molar-refractivity contribution in [1.29, 1.82) is 0 Å². The van der Waals surface area contributed by atoms with Crippen molar-refractivity contribution in [3.8, 4) is 5.75 Å². The van der Waals surface area contributed by atoms with Crippen molar-refractivity contribution in [1.82, 2.24) is 14.8 Å². The van der Waals surface area contributed by atoms with E-state index in [4.69, 9.17) is 27.9 Å². The van der Waals surface area contributed by atoms with Crippen molar-refractivity contribution in [2.45, 2.75) is 38.6 Å². The van der Waals surface area contributed by atoms with Gasteiger partial charge in [0.2, 0.25) is 5.91 Å². The van der Waals surface area contributed by atoms with E-state index in [0.717, 1.165) is 5.56 Å². The Kier molecular flexibility index (Phi) is 7.64. The van der Waals surface area contributed by atoms with Gasteiger partial charge in [0.15, 0.2) is 17.1 Å². The third kappa shape index (κ3) is 5.68. The lowest BCUT2D eigenvalue weighted by Gasteiger charge is -2.16. The lowest BCUT2D eigenvalue weighted by molar-refractivity contribution is -0.113. The lowest BCUT2D eigenvalue weighted by atomic mass is 10.2. The number of nitrogens with one attached hydrogen (secondary N) is 1. The fourth-order valence-corrected chi connectivity index (χ4v) is 3.91. The number of nitrogens with zero attached hydrogens (tertiary/aromatic N) is 3.